The zero-order valence-electron chi connectivity index (χ0n) is 25.8. The molecule has 1 unspecified atom stereocenters. The van der Waals surface area contributed by atoms with Crippen LogP contribution in [0, 0.1) is 13.7 Å². The highest BCUT2D eigenvalue weighted by molar-refractivity contribution is 5.84. The van der Waals surface area contributed by atoms with Crippen LogP contribution in [-0.4, -0.2) is 39.4 Å². The Bertz CT molecular complexity index is 1410. The molecule has 0 aliphatic heterocycles. The van der Waals surface area contributed by atoms with Gasteiger partial charge in [-0.15, -0.1) is 0 Å². The van der Waals surface area contributed by atoms with E-state index in [9.17, 15) is 9.90 Å². The molecule has 1 atom stereocenters. The zero-order chi connectivity index (χ0) is 28.5. The first-order valence-electron chi connectivity index (χ1n) is 13.3. The van der Waals surface area contributed by atoms with Crippen molar-refractivity contribution in [3.05, 3.63) is 59.2 Å². The fraction of sp³-hybridized carbons (Fsp3) is 0.263. The average molecular weight is 336 g/mol. The smallest absolute Gasteiger partial charge is 0.257 e. The van der Waals surface area contributed by atoms with Crippen LogP contribution >= 0.6 is 0 Å². The third kappa shape index (κ3) is 2.78. The molecule has 0 aliphatic rings. The molecular weight excluding hydrogens is 302 g/mol. The van der Waals surface area contributed by atoms with Crippen LogP contribution in [0.1, 0.15) is 40.7 Å². The van der Waals surface area contributed by atoms with Crippen LogP contribution in [0.15, 0.2) is 42.4 Å². The van der Waals surface area contributed by atoms with E-state index in [0.717, 1.165) is 4.90 Å². The molecule has 2 heterocycles. The molecule has 0 bridgehead atoms. The molecule has 1 aromatic carbocycles. The minimum absolute atomic E-state index is 0.560. The number of fused-ring (bicyclic) bond motifs is 1. The van der Waals surface area contributed by atoms with Crippen molar-refractivity contribution in [2.24, 2.45) is 0 Å². The van der Waals surface area contributed by atoms with E-state index < -0.39 is 102 Å². The van der Waals surface area contributed by atoms with E-state index in [1.54, 1.807) is 0 Å². The SMILES string of the molecule is [2H]c1c([2H])c(C([2H])([2H])[2H])c([2H])c([2H])c1-c1nc2c([2H])c([2H])c(C([2H])([2H])[2H])c([2H])n2c1C(O)C(=O)N(C)C. The molecule has 1 N–H and O–H groups in total. The summed E-state index contributed by atoms with van der Waals surface area (Å²) >= 11 is 0. The molecule has 0 fully saturated rings. The van der Waals surface area contributed by atoms with Crippen molar-refractivity contribution in [1.29, 1.82) is 0 Å². The van der Waals surface area contributed by atoms with E-state index in [1.165, 1.54) is 14.1 Å². The number of amides is 1. The summed E-state index contributed by atoms with van der Waals surface area (Å²) in [5, 5.41) is 11.0. The van der Waals surface area contributed by atoms with E-state index in [0.29, 0.717) is 4.40 Å². The predicted molar refractivity (Wildman–Crippen MR) is 93.8 cm³/mol. The Morgan fingerprint density at radius 3 is 2.50 bits per heavy atom. The molecule has 3 rings (SSSR count). The van der Waals surface area contributed by atoms with Crippen molar-refractivity contribution < 1.29 is 27.7 Å². The van der Waals surface area contributed by atoms with Crippen LogP contribution in [0.2, 0.25) is 0 Å². The van der Waals surface area contributed by atoms with Crippen molar-refractivity contribution in [3.63, 3.8) is 0 Å². The van der Waals surface area contributed by atoms with Crippen LogP contribution in [0.5, 0.6) is 0 Å². The van der Waals surface area contributed by atoms with Crippen LogP contribution in [0.3, 0.4) is 0 Å². The largest absolute Gasteiger partial charge is 0.377 e. The first-order chi connectivity index (χ1) is 16.7. The number of aliphatic hydroxyl groups excluding tert-OH is 1. The van der Waals surface area contributed by atoms with Crippen molar-refractivity contribution in [2.45, 2.75) is 19.8 Å². The fourth-order valence-corrected chi connectivity index (χ4v) is 2.12. The highest BCUT2D eigenvalue weighted by atomic mass is 16.3. The Hall–Kier alpha value is -2.66. The molecule has 0 saturated heterocycles. The van der Waals surface area contributed by atoms with Gasteiger partial charge in [0, 0.05) is 34.1 Å². The molecule has 0 aliphatic carbocycles. The number of nitrogens with zero attached hydrogens (tertiary/aromatic N) is 3. The first kappa shape index (κ1) is 6.69. The molecule has 124 valence electrons. The summed E-state index contributed by atoms with van der Waals surface area (Å²) in [6, 6.07) is -5.31. The third-order valence-corrected chi connectivity index (χ3v) is 3.23. The number of imidazole rings is 1. The first-order valence-corrected chi connectivity index (χ1v) is 6.78. The summed E-state index contributed by atoms with van der Waals surface area (Å²) in [4.78, 5) is 17.8. The van der Waals surface area contributed by atoms with Gasteiger partial charge in [0.15, 0.2) is 6.10 Å². The maximum atomic E-state index is 12.7. The van der Waals surface area contributed by atoms with E-state index in [1.807, 2.05) is 0 Å². The summed E-state index contributed by atoms with van der Waals surface area (Å²) < 4.78 is 105. The highest BCUT2D eigenvalue weighted by Gasteiger charge is 2.27. The molecule has 5 nitrogen and oxygen atoms in total. The summed E-state index contributed by atoms with van der Waals surface area (Å²) in [5.41, 5.74) is -4.21. The van der Waals surface area contributed by atoms with E-state index >= 15 is 0 Å². The van der Waals surface area contributed by atoms with Crippen LogP contribution in [0.4, 0.5) is 0 Å². The number of carbonyl (C=O) groups is 1. The van der Waals surface area contributed by atoms with Crippen molar-refractivity contribution in [2.75, 3.05) is 14.1 Å². The molecule has 5 heteroatoms. The van der Waals surface area contributed by atoms with Gasteiger partial charge in [-0.3, -0.25) is 9.20 Å². The molecule has 0 radical (unpaired) electrons. The average Bonchev–Trinajstić information content (AvgIpc) is 3.14. The Kier molecular flexibility index (Phi) is 1.70. The predicted octanol–water partition coefficient (Wildman–Crippen LogP) is 2.74. The van der Waals surface area contributed by atoms with Crippen LogP contribution in [-0.2, 0) is 4.79 Å². The number of benzene rings is 1. The number of likely N-dealkylation sites (N-methyl/N-ethyl adjacent to an activating group) is 1. The van der Waals surface area contributed by atoms with Gasteiger partial charge in [0.1, 0.15) is 5.65 Å². The van der Waals surface area contributed by atoms with Crippen LogP contribution in [0.25, 0.3) is 16.9 Å². The summed E-state index contributed by atoms with van der Waals surface area (Å²) in [5.74, 6) is -0.992. The van der Waals surface area contributed by atoms with Crippen molar-refractivity contribution in [3.8, 4) is 11.3 Å². The number of hydrogen-bond acceptors (Lipinski definition) is 3. The second-order valence-corrected chi connectivity index (χ2v) is 5.13. The Balaban J connectivity index is 2.64. The van der Waals surface area contributed by atoms with E-state index in [2.05, 4.69) is 4.98 Å². The van der Waals surface area contributed by atoms with E-state index in [4.69, 9.17) is 17.8 Å². The second-order valence-electron chi connectivity index (χ2n) is 5.13. The maximum Gasteiger partial charge on any atom is 0.257 e. The molecule has 3 aromatic rings. The van der Waals surface area contributed by atoms with Gasteiger partial charge in [-0.2, -0.15) is 0 Å². The quantitative estimate of drug-likeness (QED) is 0.800. The molecule has 1 amide bonds. The number of aromatic nitrogens is 2. The lowest BCUT2D eigenvalue weighted by molar-refractivity contribution is -0.138. The lowest BCUT2D eigenvalue weighted by Crippen LogP contribution is -2.29. The topological polar surface area (TPSA) is 57.8 Å². The molecule has 2 aromatic heterocycles. The fourth-order valence-electron chi connectivity index (χ4n) is 2.12. The van der Waals surface area contributed by atoms with Gasteiger partial charge >= 0.3 is 0 Å². The number of rotatable bonds is 3. The highest BCUT2D eigenvalue weighted by Crippen LogP contribution is 2.30. The summed E-state index contributed by atoms with van der Waals surface area (Å²) in [6.45, 7) is -6.07. The third-order valence-electron chi connectivity index (χ3n) is 3.23. The number of hydrogen-bond donors (Lipinski definition) is 1. The normalized spacial score (nSPS) is 21.2. The van der Waals surface area contributed by atoms with E-state index in [-0.39, 0.29) is 0 Å². The summed E-state index contributed by atoms with van der Waals surface area (Å²) in [6.07, 6.45) is -3.10. The van der Waals surface area contributed by atoms with Gasteiger partial charge in [0.25, 0.3) is 5.91 Å². The monoisotopic (exact) mass is 336 g/mol. The van der Waals surface area contributed by atoms with Gasteiger partial charge in [-0.25, -0.2) is 4.98 Å². The Morgan fingerprint density at radius 1 is 1.21 bits per heavy atom. The van der Waals surface area contributed by atoms with Gasteiger partial charge in [-0.05, 0) is 25.3 Å². The second kappa shape index (κ2) is 6.09. The molecule has 24 heavy (non-hydrogen) atoms. The number of pyridine rings is 1. The minimum atomic E-state index is -3.05. The van der Waals surface area contributed by atoms with Gasteiger partial charge in [0.05, 0.1) is 21.0 Å². The lowest BCUT2D eigenvalue weighted by Gasteiger charge is -2.17. The molecule has 0 spiro atoms. The summed E-state index contributed by atoms with van der Waals surface area (Å²) in [7, 11) is 2.56. The zero-order valence-corrected chi connectivity index (χ0v) is 12.8. The van der Waals surface area contributed by atoms with Crippen LogP contribution < -0.4 is 0 Å². The number of carbonyl (C=O) groups excluding carboxylic acids is 1. The standard InChI is InChI=1S/C19H21N3O2/c1-12-5-8-14(9-6-12)16-17(18(23)19(24)21(3)4)22-11-13(2)7-10-15(22)20-16/h5-11,18,23H,1-4H3/i1D3,2D3,5D,6D,7D,8D,9D,10D,11D. The minimum Gasteiger partial charge on any atom is -0.377 e. The lowest BCUT2D eigenvalue weighted by atomic mass is 10.1. The molecular formula is C19H21N3O2. The maximum absolute atomic E-state index is 12.7. The van der Waals surface area contributed by atoms with Crippen molar-refractivity contribution >= 4 is 11.6 Å². The van der Waals surface area contributed by atoms with Crippen molar-refractivity contribution in [1.82, 2.24) is 14.3 Å². The van der Waals surface area contributed by atoms with Gasteiger partial charge in [0.2, 0.25) is 0 Å². The van der Waals surface area contributed by atoms with Gasteiger partial charge < -0.3 is 10.0 Å². The number of aliphatic hydroxyl groups is 1. The Morgan fingerprint density at radius 2 is 1.88 bits per heavy atom. The molecule has 0 saturated carbocycles. The Labute approximate surface area is 159 Å². The van der Waals surface area contributed by atoms with Gasteiger partial charge in [-0.1, -0.05) is 35.8 Å².